The molecule has 1 aromatic heterocycles. The molecule has 0 amide bonds. The Hall–Kier alpha value is -1.52. The fourth-order valence-electron chi connectivity index (χ4n) is 1.36. The average Bonchev–Trinajstić information content (AvgIpc) is 2.32. The number of nitrogens with two attached hydrogens (primary N) is 1. The van der Waals surface area contributed by atoms with Gasteiger partial charge in [-0.3, -0.25) is 0 Å². The molecule has 1 aromatic carbocycles. The molecule has 0 spiro atoms. The van der Waals surface area contributed by atoms with Crippen LogP contribution in [0.4, 0.5) is 17.2 Å². The maximum absolute atomic E-state index is 5.97. The Kier molecular flexibility index (Phi) is 3.36. The molecule has 88 valence electrons. The highest BCUT2D eigenvalue weighted by Crippen LogP contribution is 2.28. The average molecular weight is 269 g/mol. The van der Waals surface area contributed by atoms with Crippen molar-refractivity contribution in [3.8, 4) is 0 Å². The molecule has 0 bridgehead atoms. The third kappa shape index (κ3) is 2.60. The van der Waals surface area contributed by atoms with E-state index < -0.39 is 0 Å². The minimum absolute atomic E-state index is 0.392. The number of anilines is 3. The summed E-state index contributed by atoms with van der Waals surface area (Å²) in [5.41, 5.74) is 7.07. The van der Waals surface area contributed by atoms with Crippen LogP contribution in [0.2, 0.25) is 10.2 Å². The van der Waals surface area contributed by atoms with Crippen LogP contribution in [-0.4, -0.2) is 17.0 Å². The Balaban J connectivity index is 2.36. The van der Waals surface area contributed by atoms with Gasteiger partial charge in [0.05, 0.1) is 10.7 Å². The lowest BCUT2D eigenvalue weighted by atomic mass is 10.2. The number of nitrogens with zero attached hydrogens (tertiary/aromatic N) is 3. The van der Waals surface area contributed by atoms with E-state index in [0.717, 1.165) is 5.69 Å². The van der Waals surface area contributed by atoms with E-state index in [1.165, 1.54) is 6.33 Å². The van der Waals surface area contributed by atoms with Crippen LogP contribution in [0.1, 0.15) is 0 Å². The molecule has 0 fully saturated rings. The minimum atomic E-state index is 0.392. The molecular formula is C11H10Cl2N4. The summed E-state index contributed by atoms with van der Waals surface area (Å²) in [5, 5.41) is 0.901. The van der Waals surface area contributed by atoms with Crippen LogP contribution in [0, 0.1) is 0 Å². The first-order valence-corrected chi connectivity index (χ1v) is 5.60. The number of hydrogen-bond donors (Lipinski definition) is 1. The highest BCUT2D eigenvalue weighted by atomic mass is 35.5. The van der Waals surface area contributed by atoms with Gasteiger partial charge in [-0.15, -0.1) is 0 Å². The summed E-state index contributed by atoms with van der Waals surface area (Å²) < 4.78 is 0. The molecule has 0 saturated heterocycles. The van der Waals surface area contributed by atoms with Gasteiger partial charge in [0.25, 0.3) is 0 Å². The van der Waals surface area contributed by atoms with Crippen molar-refractivity contribution in [1.29, 1.82) is 0 Å². The third-order valence-electron chi connectivity index (χ3n) is 2.33. The van der Waals surface area contributed by atoms with E-state index in [0.29, 0.717) is 21.7 Å². The summed E-state index contributed by atoms with van der Waals surface area (Å²) >= 11 is 11.8. The van der Waals surface area contributed by atoms with Crippen molar-refractivity contribution in [1.82, 2.24) is 9.97 Å². The van der Waals surface area contributed by atoms with Crippen LogP contribution in [-0.2, 0) is 0 Å². The van der Waals surface area contributed by atoms with E-state index >= 15 is 0 Å². The first-order chi connectivity index (χ1) is 8.08. The van der Waals surface area contributed by atoms with E-state index in [1.54, 1.807) is 18.2 Å². The highest BCUT2D eigenvalue weighted by molar-refractivity contribution is 6.33. The van der Waals surface area contributed by atoms with Crippen LogP contribution in [0.3, 0.4) is 0 Å². The van der Waals surface area contributed by atoms with Gasteiger partial charge in [0.2, 0.25) is 0 Å². The lowest BCUT2D eigenvalue weighted by Gasteiger charge is -2.18. The molecule has 6 heteroatoms. The van der Waals surface area contributed by atoms with Gasteiger partial charge >= 0.3 is 0 Å². The minimum Gasteiger partial charge on any atom is -0.398 e. The van der Waals surface area contributed by atoms with Gasteiger partial charge < -0.3 is 10.6 Å². The van der Waals surface area contributed by atoms with Crippen LogP contribution >= 0.6 is 23.2 Å². The normalized spacial score (nSPS) is 10.3. The van der Waals surface area contributed by atoms with Crippen LogP contribution in [0.5, 0.6) is 0 Å². The molecule has 0 aliphatic carbocycles. The largest absolute Gasteiger partial charge is 0.398 e. The first-order valence-electron chi connectivity index (χ1n) is 4.84. The van der Waals surface area contributed by atoms with E-state index in [-0.39, 0.29) is 0 Å². The van der Waals surface area contributed by atoms with Crippen molar-refractivity contribution >= 4 is 40.4 Å². The van der Waals surface area contributed by atoms with Crippen molar-refractivity contribution in [2.45, 2.75) is 0 Å². The number of hydrogen-bond acceptors (Lipinski definition) is 4. The third-order valence-corrected chi connectivity index (χ3v) is 2.87. The molecule has 0 atom stereocenters. The maximum Gasteiger partial charge on any atom is 0.137 e. The summed E-state index contributed by atoms with van der Waals surface area (Å²) in [6, 6.07) is 7.05. The zero-order valence-electron chi connectivity index (χ0n) is 9.06. The SMILES string of the molecule is CN(c1ccc(N)c(Cl)c1)c1cc(Cl)ncn1. The van der Waals surface area contributed by atoms with Gasteiger partial charge in [0.1, 0.15) is 17.3 Å². The van der Waals surface area contributed by atoms with Crippen LogP contribution < -0.4 is 10.6 Å². The van der Waals surface area contributed by atoms with Crippen molar-refractivity contribution in [3.05, 3.63) is 40.8 Å². The second kappa shape index (κ2) is 4.77. The van der Waals surface area contributed by atoms with Crippen molar-refractivity contribution in [2.75, 3.05) is 17.7 Å². The van der Waals surface area contributed by atoms with Crippen molar-refractivity contribution in [3.63, 3.8) is 0 Å². The molecule has 0 saturated carbocycles. The van der Waals surface area contributed by atoms with E-state index in [2.05, 4.69) is 9.97 Å². The lowest BCUT2D eigenvalue weighted by Crippen LogP contribution is -2.11. The first kappa shape index (κ1) is 12.0. The molecule has 0 aliphatic heterocycles. The predicted molar refractivity (Wildman–Crippen MR) is 71.0 cm³/mol. The number of rotatable bonds is 2. The summed E-state index contributed by atoms with van der Waals surface area (Å²) in [4.78, 5) is 9.80. The van der Waals surface area contributed by atoms with Crippen molar-refractivity contribution in [2.24, 2.45) is 0 Å². The molecule has 2 N–H and O–H groups in total. The molecule has 0 radical (unpaired) electrons. The second-order valence-electron chi connectivity index (χ2n) is 3.46. The zero-order chi connectivity index (χ0) is 12.4. The van der Waals surface area contributed by atoms with Gasteiger partial charge in [-0.25, -0.2) is 9.97 Å². The second-order valence-corrected chi connectivity index (χ2v) is 4.26. The van der Waals surface area contributed by atoms with Gasteiger partial charge in [0.15, 0.2) is 0 Å². The maximum atomic E-state index is 5.97. The Morgan fingerprint density at radius 2 is 1.94 bits per heavy atom. The molecule has 2 aromatic rings. The van der Waals surface area contributed by atoms with Gasteiger partial charge in [-0.05, 0) is 18.2 Å². The zero-order valence-corrected chi connectivity index (χ0v) is 10.6. The molecule has 17 heavy (non-hydrogen) atoms. The van der Waals surface area contributed by atoms with Gasteiger partial charge in [0, 0.05) is 18.8 Å². The van der Waals surface area contributed by atoms with Gasteiger partial charge in [-0.1, -0.05) is 23.2 Å². The molecular weight excluding hydrogens is 259 g/mol. The number of halogens is 2. The highest BCUT2D eigenvalue weighted by Gasteiger charge is 2.07. The van der Waals surface area contributed by atoms with Crippen LogP contribution in [0.15, 0.2) is 30.6 Å². The van der Waals surface area contributed by atoms with Gasteiger partial charge in [-0.2, -0.15) is 0 Å². The van der Waals surface area contributed by atoms with E-state index in [1.807, 2.05) is 18.0 Å². The van der Waals surface area contributed by atoms with E-state index in [9.17, 15) is 0 Å². The fourth-order valence-corrected chi connectivity index (χ4v) is 1.68. The smallest absolute Gasteiger partial charge is 0.137 e. The lowest BCUT2D eigenvalue weighted by molar-refractivity contribution is 1.08. The Bertz CT molecular complexity index is 545. The summed E-state index contributed by atoms with van der Waals surface area (Å²) in [6.07, 6.45) is 1.41. The predicted octanol–water partition coefficient (Wildman–Crippen LogP) is 3.13. The topological polar surface area (TPSA) is 55.0 Å². The summed E-state index contributed by atoms with van der Waals surface area (Å²) in [6.45, 7) is 0. The molecule has 1 heterocycles. The van der Waals surface area contributed by atoms with Crippen molar-refractivity contribution < 1.29 is 0 Å². The number of aromatic nitrogens is 2. The fraction of sp³-hybridized carbons (Fsp3) is 0.0909. The number of benzene rings is 1. The summed E-state index contributed by atoms with van der Waals surface area (Å²) in [7, 11) is 1.86. The molecule has 0 unspecified atom stereocenters. The standard InChI is InChI=1S/C11H10Cl2N4/c1-17(11-5-10(13)15-6-16-11)7-2-3-9(14)8(12)4-7/h2-6H,14H2,1H3. The Morgan fingerprint density at radius 1 is 1.18 bits per heavy atom. The quantitative estimate of drug-likeness (QED) is 0.672. The molecule has 2 rings (SSSR count). The summed E-state index contributed by atoms with van der Waals surface area (Å²) in [5.74, 6) is 0.686. The number of nitrogen functional groups attached to an aromatic ring is 1. The molecule has 0 aliphatic rings. The van der Waals surface area contributed by atoms with Crippen LogP contribution in [0.25, 0.3) is 0 Å². The Labute approximate surface area is 109 Å². The van der Waals surface area contributed by atoms with E-state index in [4.69, 9.17) is 28.9 Å². The monoisotopic (exact) mass is 268 g/mol. The Morgan fingerprint density at radius 3 is 2.59 bits per heavy atom. The molecule has 4 nitrogen and oxygen atoms in total.